The Bertz CT molecular complexity index is 929. The number of allylic oxidation sites excluding steroid dienone is 2. The normalized spacial score (nSPS) is 19.1. The molecule has 27 heavy (non-hydrogen) atoms. The fraction of sp³-hybridized carbons (Fsp3) is 0.273. The number of hydrogen-bond acceptors (Lipinski definition) is 4. The molecule has 4 nitrogen and oxygen atoms in total. The number of carbonyl (C=O) groups excluding carboxylic acids is 1. The molecular weight excluding hydrogens is 356 g/mol. The topological polar surface area (TPSA) is 51.2 Å². The van der Waals surface area contributed by atoms with Crippen LogP contribution in [0, 0.1) is 5.92 Å². The van der Waals surface area contributed by atoms with Gasteiger partial charge in [-0.25, -0.2) is 4.98 Å². The molecule has 0 saturated heterocycles. The summed E-state index contributed by atoms with van der Waals surface area (Å²) in [5.41, 5.74) is 1.80. The zero-order valence-corrected chi connectivity index (χ0v) is 16.0. The van der Waals surface area contributed by atoms with Crippen molar-refractivity contribution in [1.82, 2.24) is 4.98 Å². The van der Waals surface area contributed by atoms with E-state index in [0.717, 1.165) is 34.8 Å². The van der Waals surface area contributed by atoms with Gasteiger partial charge in [-0.1, -0.05) is 24.3 Å². The lowest BCUT2D eigenvalue weighted by atomic mass is 9.82. The van der Waals surface area contributed by atoms with Crippen LogP contribution in [-0.4, -0.2) is 17.5 Å². The van der Waals surface area contributed by atoms with Gasteiger partial charge in [-0.05, 0) is 56.2 Å². The monoisotopic (exact) mass is 378 g/mol. The van der Waals surface area contributed by atoms with Gasteiger partial charge in [-0.15, -0.1) is 11.3 Å². The van der Waals surface area contributed by atoms with Gasteiger partial charge in [0, 0.05) is 11.6 Å². The number of nitrogens with zero attached hydrogens (tertiary/aromatic N) is 1. The molecule has 0 fully saturated rings. The van der Waals surface area contributed by atoms with Crippen molar-refractivity contribution in [2.24, 2.45) is 5.92 Å². The molecule has 1 aromatic heterocycles. The Kier molecular flexibility index (Phi) is 5.21. The van der Waals surface area contributed by atoms with Crippen LogP contribution in [0.5, 0.6) is 5.75 Å². The quantitative estimate of drug-likeness (QED) is 0.606. The molecule has 0 spiro atoms. The highest BCUT2D eigenvalue weighted by molar-refractivity contribution is 7.18. The number of aromatic nitrogens is 1. The van der Waals surface area contributed by atoms with E-state index in [1.165, 1.54) is 4.70 Å². The summed E-state index contributed by atoms with van der Waals surface area (Å²) in [4.78, 5) is 17.8. The predicted octanol–water partition coefficient (Wildman–Crippen LogP) is 5.38. The fourth-order valence-electron chi connectivity index (χ4n) is 3.46. The highest BCUT2D eigenvalue weighted by Crippen LogP contribution is 2.39. The third-order valence-electron chi connectivity index (χ3n) is 4.83. The molecule has 0 bridgehead atoms. The second kappa shape index (κ2) is 7.92. The van der Waals surface area contributed by atoms with Crippen LogP contribution in [0.25, 0.3) is 10.2 Å². The minimum atomic E-state index is -0.109. The molecule has 2 atom stereocenters. The Labute approximate surface area is 162 Å². The van der Waals surface area contributed by atoms with Gasteiger partial charge in [0.05, 0.1) is 27.7 Å². The van der Waals surface area contributed by atoms with E-state index in [9.17, 15) is 4.79 Å². The predicted molar refractivity (Wildman–Crippen MR) is 110 cm³/mol. The van der Waals surface area contributed by atoms with Crippen molar-refractivity contribution < 1.29 is 9.53 Å². The average Bonchev–Trinajstić information content (AvgIpc) is 3.14. The number of fused-ring (bicyclic) bond motifs is 1. The minimum Gasteiger partial charge on any atom is -0.494 e. The van der Waals surface area contributed by atoms with E-state index in [1.54, 1.807) is 11.3 Å². The number of benzene rings is 2. The van der Waals surface area contributed by atoms with Gasteiger partial charge < -0.3 is 10.1 Å². The molecule has 1 heterocycles. The van der Waals surface area contributed by atoms with Gasteiger partial charge in [0.25, 0.3) is 0 Å². The maximum absolute atomic E-state index is 13.0. The molecule has 4 rings (SSSR count). The van der Waals surface area contributed by atoms with Gasteiger partial charge in [0.15, 0.2) is 0 Å². The summed E-state index contributed by atoms with van der Waals surface area (Å²) in [7, 11) is 0. The number of ether oxygens (including phenoxy) is 1. The molecule has 1 amide bonds. The third-order valence-corrected chi connectivity index (χ3v) is 6.00. The van der Waals surface area contributed by atoms with Gasteiger partial charge in [0.1, 0.15) is 5.75 Å². The van der Waals surface area contributed by atoms with Crippen molar-refractivity contribution in [2.45, 2.75) is 25.7 Å². The van der Waals surface area contributed by atoms with Crippen LogP contribution >= 0.6 is 11.3 Å². The lowest BCUT2D eigenvalue weighted by Crippen LogP contribution is -2.29. The molecule has 1 aliphatic carbocycles. The van der Waals surface area contributed by atoms with E-state index in [2.05, 4.69) is 23.5 Å². The first-order valence-corrected chi connectivity index (χ1v) is 10.1. The number of anilines is 1. The molecule has 0 radical (unpaired) electrons. The SMILES string of the molecule is CCOc1ccc(NC(=O)C2CC=CCC2c2nc3ccccc3s2)cc1. The van der Waals surface area contributed by atoms with Gasteiger partial charge >= 0.3 is 0 Å². The standard InChI is InChI=1S/C22H22N2O2S/c1-2-26-16-13-11-15(12-14-16)23-21(25)17-7-3-4-8-18(17)22-24-19-9-5-6-10-20(19)27-22/h3-6,9-14,17-18H,2,7-8H2,1H3,(H,23,25). The van der Waals surface area contributed by atoms with E-state index in [1.807, 2.05) is 49.4 Å². The number of para-hydroxylation sites is 1. The number of nitrogens with one attached hydrogen (secondary N) is 1. The van der Waals surface area contributed by atoms with Gasteiger partial charge in [-0.2, -0.15) is 0 Å². The minimum absolute atomic E-state index is 0.0489. The summed E-state index contributed by atoms with van der Waals surface area (Å²) in [5.74, 6) is 0.869. The molecule has 0 aliphatic heterocycles. The first-order chi connectivity index (χ1) is 13.2. The molecule has 5 heteroatoms. The number of rotatable bonds is 5. The molecular formula is C22H22N2O2S. The van der Waals surface area contributed by atoms with Crippen molar-refractivity contribution in [2.75, 3.05) is 11.9 Å². The zero-order chi connectivity index (χ0) is 18.6. The first-order valence-electron chi connectivity index (χ1n) is 9.29. The van der Waals surface area contributed by atoms with Crippen LogP contribution < -0.4 is 10.1 Å². The van der Waals surface area contributed by atoms with Crippen LogP contribution in [0.4, 0.5) is 5.69 Å². The summed E-state index contributed by atoms with van der Waals surface area (Å²) in [6.07, 6.45) is 5.86. The van der Waals surface area contributed by atoms with E-state index in [-0.39, 0.29) is 17.7 Å². The van der Waals surface area contributed by atoms with Crippen molar-refractivity contribution >= 4 is 33.1 Å². The highest BCUT2D eigenvalue weighted by atomic mass is 32.1. The Morgan fingerprint density at radius 1 is 1.15 bits per heavy atom. The van der Waals surface area contributed by atoms with Crippen molar-refractivity contribution in [3.63, 3.8) is 0 Å². The van der Waals surface area contributed by atoms with E-state index >= 15 is 0 Å². The first kappa shape index (κ1) is 17.7. The number of carbonyl (C=O) groups is 1. The van der Waals surface area contributed by atoms with Crippen molar-refractivity contribution in [3.8, 4) is 5.75 Å². The maximum atomic E-state index is 13.0. The highest BCUT2D eigenvalue weighted by Gasteiger charge is 2.32. The summed E-state index contributed by atoms with van der Waals surface area (Å²) in [6, 6.07) is 15.7. The smallest absolute Gasteiger partial charge is 0.228 e. The second-order valence-electron chi connectivity index (χ2n) is 6.62. The van der Waals surface area contributed by atoms with Crippen LogP contribution in [0.2, 0.25) is 0 Å². The molecule has 0 saturated carbocycles. The van der Waals surface area contributed by atoms with E-state index in [0.29, 0.717) is 6.61 Å². The maximum Gasteiger partial charge on any atom is 0.228 e. The number of thiazole rings is 1. The summed E-state index contributed by atoms with van der Waals surface area (Å²) < 4.78 is 6.63. The average molecular weight is 378 g/mol. The van der Waals surface area contributed by atoms with Crippen molar-refractivity contribution in [3.05, 3.63) is 65.7 Å². The fourth-order valence-corrected chi connectivity index (χ4v) is 4.61. The zero-order valence-electron chi connectivity index (χ0n) is 15.2. The van der Waals surface area contributed by atoms with Crippen LogP contribution in [0.15, 0.2) is 60.7 Å². The summed E-state index contributed by atoms with van der Waals surface area (Å²) >= 11 is 1.70. The third kappa shape index (κ3) is 3.88. The van der Waals surface area contributed by atoms with Gasteiger partial charge in [-0.3, -0.25) is 4.79 Å². The molecule has 1 aliphatic rings. The second-order valence-corrected chi connectivity index (χ2v) is 7.68. The lowest BCUT2D eigenvalue weighted by Gasteiger charge is -2.26. The molecule has 138 valence electrons. The number of amides is 1. The van der Waals surface area contributed by atoms with Crippen molar-refractivity contribution in [1.29, 1.82) is 0 Å². The van der Waals surface area contributed by atoms with E-state index in [4.69, 9.17) is 9.72 Å². The number of hydrogen-bond donors (Lipinski definition) is 1. The molecule has 2 aromatic carbocycles. The Morgan fingerprint density at radius 2 is 1.93 bits per heavy atom. The van der Waals surface area contributed by atoms with Crippen LogP contribution in [-0.2, 0) is 4.79 Å². The van der Waals surface area contributed by atoms with Crippen LogP contribution in [0.3, 0.4) is 0 Å². The Balaban J connectivity index is 1.53. The lowest BCUT2D eigenvalue weighted by molar-refractivity contribution is -0.120. The Morgan fingerprint density at radius 3 is 2.70 bits per heavy atom. The Hall–Kier alpha value is -2.66. The molecule has 1 N–H and O–H groups in total. The van der Waals surface area contributed by atoms with Gasteiger partial charge in [0.2, 0.25) is 5.91 Å². The van der Waals surface area contributed by atoms with E-state index < -0.39 is 0 Å². The van der Waals surface area contributed by atoms with Crippen LogP contribution in [0.1, 0.15) is 30.7 Å². The summed E-state index contributed by atoms with van der Waals surface area (Å²) in [5, 5.41) is 4.11. The molecule has 2 unspecified atom stereocenters. The molecule has 3 aromatic rings. The summed E-state index contributed by atoms with van der Waals surface area (Å²) in [6.45, 7) is 2.58. The largest absolute Gasteiger partial charge is 0.494 e.